The molecule has 2 rings (SSSR count). The van der Waals surface area contributed by atoms with E-state index in [9.17, 15) is 0 Å². The molecule has 12 heavy (non-hydrogen) atoms. The minimum Gasteiger partial charge on any atom is -0.354 e. The van der Waals surface area contributed by atoms with Gasteiger partial charge in [-0.1, -0.05) is 0 Å². The Morgan fingerprint density at radius 2 is 2.33 bits per heavy atom. The van der Waals surface area contributed by atoms with Gasteiger partial charge in [0, 0.05) is 44.2 Å². The molecular formula is C8H13N3S. The normalized spacial score (nSPS) is 17.5. The first-order valence-electron chi connectivity index (χ1n) is 4.11. The third-order valence-corrected chi connectivity index (χ3v) is 3.41. The molecule has 66 valence electrons. The number of nitrogens with zero attached hydrogens (tertiary/aromatic N) is 2. The van der Waals surface area contributed by atoms with Crippen LogP contribution >= 0.6 is 11.3 Å². The second-order valence-electron chi connectivity index (χ2n) is 3.29. The van der Waals surface area contributed by atoms with E-state index in [1.807, 2.05) is 20.3 Å². The lowest BCUT2D eigenvalue weighted by Gasteiger charge is -2.25. The van der Waals surface area contributed by atoms with E-state index in [4.69, 9.17) is 0 Å². The van der Waals surface area contributed by atoms with Gasteiger partial charge in [-0.3, -0.25) is 0 Å². The molecule has 1 N–H and O–H groups in total. The number of hydrogen-bond acceptors (Lipinski definition) is 4. The van der Waals surface area contributed by atoms with Crippen LogP contribution in [0.1, 0.15) is 10.8 Å². The molecule has 0 aliphatic carbocycles. The Labute approximate surface area is 76.4 Å². The van der Waals surface area contributed by atoms with Crippen molar-refractivity contribution in [2.24, 2.45) is 0 Å². The van der Waals surface area contributed by atoms with Crippen LogP contribution < -0.4 is 10.2 Å². The van der Waals surface area contributed by atoms with Gasteiger partial charge in [-0.05, 0) is 0 Å². The largest absolute Gasteiger partial charge is 0.354 e. The lowest BCUT2D eigenvalue weighted by molar-refractivity contribution is 0.454. The summed E-state index contributed by atoms with van der Waals surface area (Å²) < 4.78 is 0. The summed E-state index contributed by atoms with van der Waals surface area (Å²) in [5.74, 6) is 0.719. The Morgan fingerprint density at radius 3 is 2.75 bits per heavy atom. The van der Waals surface area contributed by atoms with E-state index < -0.39 is 0 Å². The first kappa shape index (κ1) is 8.01. The molecule has 4 heteroatoms. The van der Waals surface area contributed by atoms with Crippen molar-refractivity contribution in [1.82, 2.24) is 10.3 Å². The van der Waals surface area contributed by atoms with Gasteiger partial charge in [-0.2, -0.15) is 0 Å². The van der Waals surface area contributed by atoms with Crippen LogP contribution in [0.4, 0.5) is 5.13 Å². The van der Waals surface area contributed by atoms with E-state index in [0.717, 1.165) is 24.1 Å². The third kappa shape index (κ3) is 1.32. The molecule has 0 unspecified atom stereocenters. The zero-order valence-electron chi connectivity index (χ0n) is 7.37. The van der Waals surface area contributed by atoms with Crippen molar-refractivity contribution in [2.75, 3.05) is 32.1 Å². The summed E-state index contributed by atoms with van der Waals surface area (Å²) in [6, 6.07) is 0. The van der Waals surface area contributed by atoms with Crippen LogP contribution in [-0.4, -0.2) is 32.2 Å². The molecule has 0 atom stereocenters. The second kappa shape index (κ2) is 3.03. The van der Waals surface area contributed by atoms with Gasteiger partial charge in [0.25, 0.3) is 0 Å². The molecule has 0 saturated carbocycles. The van der Waals surface area contributed by atoms with Crippen molar-refractivity contribution >= 4 is 16.5 Å². The number of rotatable bonds is 2. The van der Waals surface area contributed by atoms with E-state index in [1.165, 1.54) is 4.88 Å². The maximum absolute atomic E-state index is 4.34. The van der Waals surface area contributed by atoms with Gasteiger partial charge in [0.05, 0.1) is 0 Å². The van der Waals surface area contributed by atoms with E-state index >= 15 is 0 Å². The van der Waals surface area contributed by atoms with Gasteiger partial charge in [0.15, 0.2) is 5.13 Å². The predicted octanol–water partition coefficient (Wildman–Crippen LogP) is 0.896. The molecule has 1 aliphatic rings. The molecule has 1 aliphatic heterocycles. The Kier molecular flexibility index (Phi) is 2.02. The molecule has 0 bridgehead atoms. The lowest BCUT2D eigenvalue weighted by Crippen LogP contribution is -2.39. The lowest BCUT2D eigenvalue weighted by atomic mass is 10.0. The molecule has 1 fully saturated rings. The van der Waals surface area contributed by atoms with E-state index in [-0.39, 0.29) is 0 Å². The quantitative estimate of drug-likeness (QED) is 0.738. The fraction of sp³-hybridized carbons (Fsp3) is 0.625. The Hall–Kier alpha value is -0.610. The smallest absolute Gasteiger partial charge is 0.184 e. The Balaban J connectivity index is 2.12. The first-order valence-corrected chi connectivity index (χ1v) is 4.93. The molecule has 3 nitrogen and oxygen atoms in total. The monoisotopic (exact) mass is 183 g/mol. The molecule has 2 heterocycles. The number of anilines is 1. The van der Waals surface area contributed by atoms with Crippen LogP contribution in [0, 0.1) is 0 Å². The summed E-state index contributed by atoms with van der Waals surface area (Å²) in [7, 11) is 4.06. The van der Waals surface area contributed by atoms with E-state index in [2.05, 4.69) is 15.2 Å². The third-order valence-electron chi connectivity index (χ3n) is 2.08. The number of nitrogens with one attached hydrogen (secondary N) is 1. The van der Waals surface area contributed by atoms with Crippen molar-refractivity contribution in [3.8, 4) is 0 Å². The fourth-order valence-electron chi connectivity index (χ4n) is 1.16. The average molecular weight is 183 g/mol. The minimum absolute atomic E-state index is 0.719. The summed E-state index contributed by atoms with van der Waals surface area (Å²) >= 11 is 1.80. The highest BCUT2D eigenvalue weighted by Crippen LogP contribution is 2.29. The number of thiazole rings is 1. The zero-order valence-corrected chi connectivity index (χ0v) is 8.19. The molecule has 1 aromatic rings. The maximum atomic E-state index is 4.34. The molecule has 0 aromatic carbocycles. The van der Waals surface area contributed by atoms with Gasteiger partial charge in [0.1, 0.15) is 0 Å². The van der Waals surface area contributed by atoms with Gasteiger partial charge in [-0.25, -0.2) is 4.98 Å². The highest BCUT2D eigenvalue weighted by atomic mass is 32.1. The second-order valence-corrected chi connectivity index (χ2v) is 4.34. The number of aromatic nitrogens is 1. The molecule has 0 amide bonds. The topological polar surface area (TPSA) is 28.2 Å². The van der Waals surface area contributed by atoms with Crippen LogP contribution in [0.3, 0.4) is 0 Å². The van der Waals surface area contributed by atoms with Crippen LogP contribution in [-0.2, 0) is 0 Å². The minimum atomic E-state index is 0.719. The maximum Gasteiger partial charge on any atom is 0.184 e. The molecule has 0 radical (unpaired) electrons. The standard InChI is InChI=1S/C8H13N3S/c1-11(2)8-10-5-7(12-8)6-3-9-4-6/h5-6,9H,3-4H2,1-2H3. The fourth-order valence-corrected chi connectivity index (χ4v) is 2.10. The van der Waals surface area contributed by atoms with Crippen LogP contribution in [0.2, 0.25) is 0 Å². The van der Waals surface area contributed by atoms with Gasteiger partial charge in [0.2, 0.25) is 0 Å². The van der Waals surface area contributed by atoms with E-state index in [1.54, 1.807) is 11.3 Å². The molecular weight excluding hydrogens is 170 g/mol. The Bertz CT molecular complexity index is 265. The van der Waals surface area contributed by atoms with Crippen molar-refractivity contribution in [1.29, 1.82) is 0 Å². The highest BCUT2D eigenvalue weighted by molar-refractivity contribution is 7.15. The van der Waals surface area contributed by atoms with Crippen molar-refractivity contribution in [3.63, 3.8) is 0 Å². The molecule has 1 saturated heterocycles. The summed E-state index contributed by atoms with van der Waals surface area (Å²) in [4.78, 5) is 7.81. The zero-order chi connectivity index (χ0) is 8.55. The molecule has 1 aromatic heterocycles. The predicted molar refractivity (Wildman–Crippen MR) is 52.1 cm³/mol. The highest BCUT2D eigenvalue weighted by Gasteiger charge is 2.21. The van der Waals surface area contributed by atoms with Crippen molar-refractivity contribution < 1.29 is 0 Å². The van der Waals surface area contributed by atoms with Crippen molar-refractivity contribution in [3.05, 3.63) is 11.1 Å². The molecule has 0 spiro atoms. The van der Waals surface area contributed by atoms with Gasteiger partial charge < -0.3 is 10.2 Å². The number of hydrogen-bond donors (Lipinski definition) is 1. The Morgan fingerprint density at radius 1 is 1.58 bits per heavy atom. The summed E-state index contributed by atoms with van der Waals surface area (Å²) in [5.41, 5.74) is 0. The summed E-state index contributed by atoms with van der Waals surface area (Å²) in [6.45, 7) is 2.24. The average Bonchev–Trinajstić information content (AvgIpc) is 2.32. The van der Waals surface area contributed by atoms with Crippen molar-refractivity contribution in [2.45, 2.75) is 5.92 Å². The van der Waals surface area contributed by atoms with Crippen LogP contribution in [0.25, 0.3) is 0 Å². The van der Waals surface area contributed by atoms with Gasteiger partial charge in [-0.15, -0.1) is 11.3 Å². The van der Waals surface area contributed by atoms with E-state index in [0.29, 0.717) is 0 Å². The SMILES string of the molecule is CN(C)c1ncc(C2CNC2)s1. The first-order chi connectivity index (χ1) is 5.77. The van der Waals surface area contributed by atoms with Crippen LogP contribution in [0.15, 0.2) is 6.20 Å². The summed E-state index contributed by atoms with van der Waals surface area (Å²) in [6.07, 6.45) is 2.01. The summed E-state index contributed by atoms with van der Waals surface area (Å²) in [5, 5.41) is 4.37. The van der Waals surface area contributed by atoms with Crippen LogP contribution in [0.5, 0.6) is 0 Å². The van der Waals surface area contributed by atoms with Gasteiger partial charge >= 0.3 is 0 Å².